The van der Waals surface area contributed by atoms with Crippen LogP contribution in [0.3, 0.4) is 0 Å². The Labute approximate surface area is 36.6 Å². The van der Waals surface area contributed by atoms with Crippen LogP contribution in [0.15, 0.2) is 16.3 Å². The zero-order valence-electron chi connectivity index (χ0n) is 3.39. The Balaban J connectivity index is 2.40. The molecule has 0 atom stereocenters. The van der Waals surface area contributed by atoms with E-state index in [9.17, 15) is 0 Å². The van der Waals surface area contributed by atoms with E-state index < -0.39 is 0 Å². The van der Waals surface area contributed by atoms with Gasteiger partial charge >= 0.3 is 0 Å². The lowest BCUT2D eigenvalue weighted by Crippen LogP contribution is -1.80. The molecule has 0 saturated carbocycles. The second-order valence-corrected chi connectivity index (χ2v) is 1.03. The van der Waals surface area contributed by atoms with Crippen LogP contribution >= 0.6 is 0 Å². The van der Waals surface area contributed by atoms with Crippen LogP contribution in [0.25, 0.3) is 0 Å². The Morgan fingerprint density at radius 3 is 2.67 bits per heavy atom. The molecule has 0 N–H and O–H groups in total. The van der Waals surface area contributed by atoms with Crippen LogP contribution in [0, 0.1) is 6.08 Å². The Morgan fingerprint density at radius 1 is 1.50 bits per heavy atom. The first-order valence-corrected chi connectivity index (χ1v) is 1.88. The number of hydrogen-bond donors (Lipinski definition) is 0. The van der Waals surface area contributed by atoms with Crippen molar-refractivity contribution in [3.63, 3.8) is 0 Å². The smallest absolute Gasteiger partial charge is 0.0850 e. The molecule has 1 rings (SSSR count). The average Bonchev–Trinajstić information content (AvgIpc) is 1.72. The van der Waals surface area contributed by atoms with Crippen molar-refractivity contribution in [2.24, 2.45) is 10.2 Å². The van der Waals surface area contributed by atoms with Crippen LogP contribution in [0.5, 0.6) is 0 Å². The lowest BCUT2D eigenvalue weighted by Gasteiger charge is -1.86. The predicted octanol–water partition coefficient (Wildman–Crippen LogP) is 0.812. The molecule has 0 amide bonds. The molecule has 1 radical (unpaired) electrons. The van der Waals surface area contributed by atoms with Crippen molar-refractivity contribution >= 4 is 0 Å². The molecule has 1 heterocycles. The Hall–Kier alpha value is -0.660. The molecule has 0 unspecified atom stereocenters. The molecule has 0 fully saturated rings. The van der Waals surface area contributed by atoms with Gasteiger partial charge in [-0.05, 0) is 6.08 Å². The summed E-state index contributed by atoms with van der Waals surface area (Å²) in [5.41, 5.74) is 0. The molecule has 0 aromatic heterocycles. The van der Waals surface area contributed by atoms with E-state index in [0.29, 0.717) is 6.54 Å². The highest BCUT2D eigenvalue weighted by atomic mass is 15.1. The van der Waals surface area contributed by atoms with E-state index >= 15 is 0 Å². The summed E-state index contributed by atoms with van der Waals surface area (Å²) < 4.78 is 0. The van der Waals surface area contributed by atoms with Crippen molar-refractivity contribution in [2.75, 3.05) is 13.1 Å². The first kappa shape index (κ1) is 3.53. The zero-order valence-corrected chi connectivity index (χ0v) is 3.39. The molecule has 0 spiro atoms. The summed E-state index contributed by atoms with van der Waals surface area (Å²) in [6.45, 7) is 1.38. The maximum absolute atomic E-state index is 3.68. The first-order valence-electron chi connectivity index (χ1n) is 1.88. The maximum atomic E-state index is 3.68. The van der Waals surface area contributed by atoms with E-state index in [2.05, 4.69) is 16.3 Å². The van der Waals surface area contributed by atoms with Gasteiger partial charge in [0.05, 0.1) is 13.1 Å². The van der Waals surface area contributed by atoms with Crippen molar-refractivity contribution in [1.82, 2.24) is 0 Å². The third kappa shape index (κ3) is 0.641. The summed E-state index contributed by atoms with van der Waals surface area (Å²) in [7, 11) is 0. The van der Waals surface area contributed by atoms with E-state index in [1.165, 1.54) is 0 Å². The van der Waals surface area contributed by atoms with Crippen molar-refractivity contribution in [1.29, 1.82) is 0 Å². The average molecular weight is 81.1 g/mol. The summed E-state index contributed by atoms with van der Waals surface area (Å²) in [6.07, 6.45) is 4.78. The van der Waals surface area contributed by atoms with Gasteiger partial charge in [-0.15, -0.1) is 0 Å². The highest BCUT2D eigenvalue weighted by Gasteiger charge is 1.78. The van der Waals surface area contributed by atoms with Gasteiger partial charge in [0.2, 0.25) is 0 Å². The maximum Gasteiger partial charge on any atom is 0.0850 e. The Bertz CT molecular complexity index is 63.5. The Morgan fingerprint density at radius 2 is 2.50 bits per heavy atom. The molecule has 2 nitrogen and oxygen atoms in total. The van der Waals surface area contributed by atoms with Crippen LogP contribution in [-0.2, 0) is 0 Å². The van der Waals surface area contributed by atoms with Crippen molar-refractivity contribution in [2.45, 2.75) is 0 Å². The normalized spacial score (nSPS) is 18.7. The summed E-state index contributed by atoms with van der Waals surface area (Å²) >= 11 is 0. The second-order valence-electron chi connectivity index (χ2n) is 1.03. The quantitative estimate of drug-likeness (QED) is 0.412. The van der Waals surface area contributed by atoms with Crippen LogP contribution < -0.4 is 0 Å². The van der Waals surface area contributed by atoms with Crippen LogP contribution in [0.1, 0.15) is 0 Å². The molecule has 1 aliphatic rings. The van der Waals surface area contributed by atoms with E-state index in [-0.39, 0.29) is 0 Å². The summed E-state index contributed by atoms with van der Waals surface area (Å²) in [4.78, 5) is 0. The molecule has 2 heteroatoms. The van der Waals surface area contributed by atoms with Crippen LogP contribution in [-0.4, -0.2) is 13.1 Å². The van der Waals surface area contributed by atoms with Gasteiger partial charge in [-0.3, -0.25) is 0 Å². The molecule has 0 bridgehead atoms. The number of hydrogen-bond acceptors (Lipinski definition) is 2. The van der Waals surface area contributed by atoms with Crippen LogP contribution in [0.2, 0.25) is 0 Å². The molecule has 0 aromatic carbocycles. The highest BCUT2D eigenvalue weighted by Crippen LogP contribution is 1.84. The van der Waals surface area contributed by atoms with Gasteiger partial charge in [0.1, 0.15) is 0 Å². The molecular formula is C4H5N2. The molecule has 6 heavy (non-hydrogen) atoms. The van der Waals surface area contributed by atoms with E-state index in [0.717, 1.165) is 6.54 Å². The van der Waals surface area contributed by atoms with Crippen molar-refractivity contribution in [3.8, 4) is 0 Å². The fourth-order valence-electron chi connectivity index (χ4n) is 0.318. The minimum absolute atomic E-state index is 0.653. The molecule has 1 aliphatic heterocycles. The van der Waals surface area contributed by atoms with Gasteiger partial charge in [-0.1, -0.05) is 6.08 Å². The Kier molecular flexibility index (Phi) is 0.998. The van der Waals surface area contributed by atoms with Gasteiger partial charge in [0.15, 0.2) is 0 Å². The van der Waals surface area contributed by atoms with E-state index in [1.54, 1.807) is 0 Å². The highest BCUT2D eigenvalue weighted by molar-refractivity contribution is 4.80. The molecular weight excluding hydrogens is 76.1 g/mol. The monoisotopic (exact) mass is 81.0 g/mol. The SMILES string of the molecule is [C]1=CCN=NC1. The summed E-state index contributed by atoms with van der Waals surface area (Å²) in [6, 6.07) is 0. The van der Waals surface area contributed by atoms with E-state index in [1.807, 2.05) is 6.08 Å². The van der Waals surface area contributed by atoms with Crippen molar-refractivity contribution < 1.29 is 0 Å². The predicted molar refractivity (Wildman–Crippen MR) is 22.4 cm³/mol. The third-order valence-electron chi connectivity index (χ3n) is 0.579. The summed E-state index contributed by atoms with van der Waals surface area (Å²) in [5.74, 6) is 0. The number of azo groups is 1. The number of rotatable bonds is 0. The van der Waals surface area contributed by atoms with E-state index in [4.69, 9.17) is 0 Å². The zero-order chi connectivity index (χ0) is 4.24. The molecule has 0 saturated heterocycles. The third-order valence-corrected chi connectivity index (χ3v) is 0.579. The molecule has 0 aliphatic carbocycles. The fraction of sp³-hybridized carbons (Fsp3) is 0.500. The minimum atomic E-state index is 0.653. The lowest BCUT2D eigenvalue weighted by atomic mass is 10.5. The first-order chi connectivity index (χ1) is 3.00. The van der Waals surface area contributed by atoms with Crippen LogP contribution in [0.4, 0.5) is 0 Å². The lowest BCUT2D eigenvalue weighted by molar-refractivity contribution is 0.925. The standard InChI is InChI=1S/C4H5N2/c1-2-4-6-5-3-1/h1H,3-4H2. The fourth-order valence-corrected chi connectivity index (χ4v) is 0.318. The summed E-state index contributed by atoms with van der Waals surface area (Å²) in [5, 5.41) is 7.34. The molecule has 0 aromatic rings. The second kappa shape index (κ2) is 1.70. The topological polar surface area (TPSA) is 24.7 Å². The van der Waals surface area contributed by atoms with Gasteiger partial charge in [-0.2, -0.15) is 10.2 Å². The number of nitrogens with zero attached hydrogens (tertiary/aromatic N) is 2. The van der Waals surface area contributed by atoms with Gasteiger partial charge in [0.25, 0.3) is 0 Å². The van der Waals surface area contributed by atoms with Gasteiger partial charge in [-0.25, -0.2) is 0 Å². The van der Waals surface area contributed by atoms with Gasteiger partial charge < -0.3 is 0 Å². The van der Waals surface area contributed by atoms with Crippen molar-refractivity contribution in [3.05, 3.63) is 12.2 Å². The molecule has 31 valence electrons. The van der Waals surface area contributed by atoms with Gasteiger partial charge in [0, 0.05) is 0 Å². The minimum Gasteiger partial charge on any atom is -0.190 e. The largest absolute Gasteiger partial charge is 0.190 e.